The highest BCUT2D eigenvalue weighted by Gasteiger charge is 2.23. The number of fused-ring (bicyclic) bond motifs is 1. The smallest absolute Gasteiger partial charge is 0.123 e. The Balaban J connectivity index is 2.06. The van der Waals surface area contributed by atoms with Crippen LogP contribution in [0.1, 0.15) is 17.9 Å². The molecule has 1 unspecified atom stereocenters. The van der Waals surface area contributed by atoms with E-state index in [9.17, 15) is 4.39 Å². The van der Waals surface area contributed by atoms with Crippen LogP contribution in [0.15, 0.2) is 24.4 Å². The number of aromatic amines is 1. The van der Waals surface area contributed by atoms with E-state index in [-0.39, 0.29) is 5.82 Å². The largest absolute Gasteiger partial charge is 0.361 e. The number of hydrogen-bond donors (Lipinski definition) is 1. The minimum Gasteiger partial charge on any atom is -0.361 e. The van der Waals surface area contributed by atoms with Crippen LogP contribution >= 0.6 is 0 Å². The van der Waals surface area contributed by atoms with Gasteiger partial charge in [-0.2, -0.15) is 0 Å². The zero-order valence-corrected chi connectivity index (χ0v) is 9.33. The zero-order chi connectivity index (χ0) is 11.1. The second-order valence-corrected chi connectivity index (χ2v) is 4.68. The van der Waals surface area contributed by atoms with Crippen molar-refractivity contribution in [2.75, 3.05) is 20.1 Å². The first-order valence-corrected chi connectivity index (χ1v) is 5.69. The lowest BCUT2D eigenvalue weighted by molar-refractivity contribution is 0.412. The highest BCUT2D eigenvalue weighted by molar-refractivity contribution is 5.83. The van der Waals surface area contributed by atoms with E-state index in [0.29, 0.717) is 5.92 Å². The highest BCUT2D eigenvalue weighted by Crippen LogP contribution is 2.32. The number of nitrogens with zero attached hydrogens (tertiary/aromatic N) is 1. The van der Waals surface area contributed by atoms with Gasteiger partial charge in [0.1, 0.15) is 5.82 Å². The Morgan fingerprint density at radius 3 is 3.06 bits per heavy atom. The number of nitrogens with one attached hydrogen (secondary N) is 1. The average molecular weight is 218 g/mol. The summed E-state index contributed by atoms with van der Waals surface area (Å²) >= 11 is 0. The van der Waals surface area contributed by atoms with E-state index in [1.54, 1.807) is 6.07 Å². The van der Waals surface area contributed by atoms with Crippen LogP contribution in [0.3, 0.4) is 0 Å². The van der Waals surface area contributed by atoms with Crippen LogP contribution in [-0.2, 0) is 0 Å². The predicted molar refractivity (Wildman–Crippen MR) is 63.1 cm³/mol. The van der Waals surface area contributed by atoms with E-state index < -0.39 is 0 Å². The van der Waals surface area contributed by atoms with Crippen molar-refractivity contribution in [3.63, 3.8) is 0 Å². The third-order valence-corrected chi connectivity index (χ3v) is 3.51. The first-order valence-electron chi connectivity index (χ1n) is 5.69. The molecule has 16 heavy (non-hydrogen) atoms. The molecule has 3 rings (SSSR count). The number of aromatic nitrogens is 1. The fourth-order valence-electron chi connectivity index (χ4n) is 2.64. The molecule has 1 aromatic carbocycles. The Labute approximate surface area is 94.1 Å². The summed E-state index contributed by atoms with van der Waals surface area (Å²) in [6.07, 6.45) is 3.20. The van der Waals surface area contributed by atoms with Crippen LogP contribution in [0.25, 0.3) is 10.9 Å². The van der Waals surface area contributed by atoms with Gasteiger partial charge in [-0.15, -0.1) is 0 Å². The lowest BCUT2D eigenvalue weighted by Gasteiger charge is -2.09. The third-order valence-electron chi connectivity index (χ3n) is 3.51. The van der Waals surface area contributed by atoms with E-state index in [4.69, 9.17) is 0 Å². The molecule has 1 aliphatic rings. The summed E-state index contributed by atoms with van der Waals surface area (Å²) in [5.41, 5.74) is 2.30. The van der Waals surface area contributed by atoms with Crippen LogP contribution in [0.4, 0.5) is 4.39 Å². The van der Waals surface area contributed by atoms with E-state index in [1.165, 1.54) is 18.1 Å². The summed E-state index contributed by atoms with van der Waals surface area (Å²) in [7, 11) is 2.13. The maximum atomic E-state index is 13.2. The van der Waals surface area contributed by atoms with Crippen LogP contribution in [0.5, 0.6) is 0 Å². The Morgan fingerprint density at radius 1 is 1.44 bits per heavy atom. The van der Waals surface area contributed by atoms with Gasteiger partial charge in [0.15, 0.2) is 0 Å². The molecule has 0 amide bonds. The summed E-state index contributed by atoms with van der Waals surface area (Å²) in [6, 6.07) is 4.95. The third kappa shape index (κ3) is 1.52. The molecule has 84 valence electrons. The Bertz CT molecular complexity index is 518. The van der Waals surface area contributed by atoms with Crippen LogP contribution in [0.2, 0.25) is 0 Å². The van der Waals surface area contributed by atoms with E-state index in [2.05, 4.69) is 16.9 Å². The van der Waals surface area contributed by atoms with Crippen molar-refractivity contribution in [3.05, 3.63) is 35.8 Å². The molecule has 1 N–H and O–H groups in total. The van der Waals surface area contributed by atoms with Gasteiger partial charge in [-0.25, -0.2) is 4.39 Å². The molecule has 0 aliphatic carbocycles. The van der Waals surface area contributed by atoms with Gasteiger partial charge in [-0.3, -0.25) is 0 Å². The first kappa shape index (κ1) is 9.85. The topological polar surface area (TPSA) is 19.0 Å². The molecule has 0 radical (unpaired) electrons. The Kier molecular flexibility index (Phi) is 2.21. The molecular formula is C13H15FN2. The normalized spacial score (nSPS) is 22.0. The minimum atomic E-state index is -0.153. The van der Waals surface area contributed by atoms with Crippen molar-refractivity contribution in [1.82, 2.24) is 9.88 Å². The molecule has 0 spiro atoms. The molecule has 1 aromatic heterocycles. The number of hydrogen-bond acceptors (Lipinski definition) is 1. The van der Waals surface area contributed by atoms with Crippen molar-refractivity contribution in [1.29, 1.82) is 0 Å². The van der Waals surface area contributed by atoms with Gasteiger partial charge >= 0.3 is 0 Å². The molecule has 0 saturated carbocycles. The van der Waals surface area contributed by atoms with E-state index in [1.807, 2.05) is 12.3 Å². The molecule has 1 fully saturated rings. The van der Waals surface area contributed by atoms with Crippen LogP contribution in [-0.4, -0.2) is 30.0 Å². The van der Waals surface area contributed by atoms with Gasteiger partial charge in [0.25, 0.3) is 0 Å². The number of rotatable bonds is 1. The zero-order valence-electron chi connectivity index (χ0n) is 9.33. The van der Waals surface area contributed by atoms with Crippen molar-refractivity contribution in [2.24, 2.45) is 0 Å². The van der Waals surface area contributed by atoms with Crippen LogP contribution < -0.4 is 0 Å². The molecule has 1 atom stereocenters. The Hall–Kier alpha value is -1.35. The molecule has 3 heteroatoms. The van der Waals surface area contributed by atoms with Crippen molar-refractivity contribution >= 4 is 10.9 Å². The fraction of sp³-hybridized carbons (Fsp3) is 0.385. The SMILES string of the molecule is CN1CCC(c2c[nH]c3ccc(F)cc23)C1. The van der Waals surface area contributed by atoms with Crippen molar-refractivity contribution < 1.29 is 4.39 Å². The standard InChI is InChI=1S/C13H15FN2/c1-16-5-4-9(8-16)12-7-15-13-3-2-10(14)6-11(12)13/h2-3,6-7,9,15H,4-5,8H2,1H3. The summed E-state index contributed by atoms with van der Waals surface area (Å²) in [6.45, 7) is 2.20. The van der Waals surface area contributed by atoms with Gasteiger partial charge in [-0.05, 0) is 49.7 Å². The second kappa shape index (κ2) is 3.59. The van der Waals surface area contributed by atoms with Crippen LogP contribution in [0, 0.1) is 5.82 Å². The monoisotopic (exact) mass is 218 g/mol. The van der Waals surface area contributed by atoms with Gasteiger partial charge in [0.05, 0.1) is 0 Å². The average Bonchev–Trinajstić information content (AvgIpc) is 2.83. The Morgan fingerprint density at radius 2 is 2.31 bits per heavy atom. The fourth-order valence-corrected chi connectivity index (χ4v) is 2.64. The van der Waals surface area contributed by atoms with Gasteiger partial charge < -0.3 is 9.88 Å². The maximum absolute atomic E-state index is 13.2. The van der Waals surface area contributed by atoms with E-state index >= 15 is 0 Å². The summed E-state index contributed by atoms with van der Waals surface area (Å²) < 4.78 is 13.2. The maximum Gasteiger partial charge on any atom is 0.123 e. The van der Waals surface area contributed by atoms with Gasteiger partial charge in [-0.1, -0.05) is 0 Å². The molecule has 1 saturated heterocycles. The van der Waals surface area contributed by atoms with E-state index in [0.717, 1.165) is 24.0 Å². The summed E-state index contributed by atoms with van der Waals surface area (Å²) in [5.74, 6) is 0.389. The second-order valence-electron chi connectivity index (χ2n) is 4.68. The highest BCUT2D eigenvalue weighted by atomic mass is 19.1. The number of halogens is 1. The molecule has 2 heterocycles. The molecule has 2 aromatic rings. The van der Waals surface area contributed by atoms with Crippen molar-refractivity contribution in [2.45, 2.75) is 12.3 Å². The molecule has 2 nitrogen and oxygen atoms in total. The minimum absolute atomic E-state index is 0.153. The number of benzene rings is 1. The lowest BCUT2D eigenvalue weighted by Crippen LogP contribution is -2.13. The molecule has 0 bridgehead atoms. The molecule has 1 aliphatic heterocycles. The number of likely N-dealkylation sites (tertiary alicyclic amines) is 1. The number of likely N-dealkylation sites (N-methyl/N-ethyl adjacent to an activating group) is 1. The van der Waals surface area contributed by atoms with Crippen molar-refractivity contribution in [3.8, 4) is 0 Å². The number of H-pyrrole nitrogens is 1. The quantitative estimate of drug-likeness (QED) is 0.779. The summed E-state index contributed by atoms with van der Waals surface area (Å²) in [5, 5.41) is 1.04. The van der Waals surface area contributed by atoms with Gasteiger partial charge in [0.2, 0.25) is 0 Å². The molecular weight excluding hydrogens is 203 g/mol. The summed E-state index contributed by atoms with van der Waals surface area (Å²) in [4.78, 5) is 5.54. The first-order chi connectivity index (χ1) is 7.74. The van der Waals surface area contributed by atoms with Gasteiger partial charge in [0, 0.05) is 23.6 Å². The lowest BCUT2D eigenvalue weighted by atomic mass is 9.98. The predicted octanol–water partition coefficient (Wildman–Crippen LogP) is 2.73.